The van der Waals surface area contributed by atoms with Gasteiger partial charge in [-0.25, -0.2) is 4.39 Å². The lowest BCUT2D eigenvalue weighted by atomic mass is 9.98. The Balaban J connectivity index is 1.96. The molecule has 16 heavy (non-hydrogen) atoms. The predicted octanol–water partition coefficient (Wildman–Crippen LogP) is 1.42. The fourth-order valence-corrected chi connectivity index (χ4v) is 2.29. The highest BCUT2D eigenvalue weighted by atomic mass is 19.1. The molecule has 1 aliphatic heterocycles. The van der Waals surface area contributed by atoms with E-state index < -0.39 is 0 Å². The monoisotopic (exact) mass is 224 g/mol. The third-order valence-corrected chi connectivity index (χ3v) is 2.89. The number of pyridine rings is 1. The first kappa shape index (κ1) is 11.5. The largest absolute Gasteiger partial charge is 0.392 e. The Bertz CT molecular complexity index is 331. The van der Waals surface area contributed by atoms with Crippen molar-refractivity contribution in [2.75, 3.05) is 13.1 Å². The Labute approximate surface area is 94.9 Å². The van der Waals surface area contributed by atoms with E-state index in [0.29, 0.717) is 19.0 Å². The van der Waals surface area contributed by atoms with E-state index in [-0.39, 0.29) is 11.9 Å². The van der Waals surface area contributed by atoms with Crippen LogP contribution in [0.2, 0.25) is 0 Å². The summed E-state index contributed by atoms with van der Waals surface area (Å²) < 4.78 is 12.7. The lowest BCUT2D eigenvalue weighted by molar-refractivity contribution is 0.0403. The van der Waals surface area contributed by atoms with E-state index in [0.717, 1.165) is 18.7 Å². The number of aliphatic hydroxyl groups is 1. The molecule has 2 heterocycles. The quantitative estimate of drug-likeness (QED) is 0.825. The number of halogens is 1. The summed E-state index contributed by atoms with van der Waals surface area (Å²) in [6.45, 7) is 4.47. The average Bonchev–Trinajstić information content (AvgIpc) is 2.20. The Morgan fingerprint density at radius 2 is 2.31 bits per heavy atom. The predicted molar refractivity (Wildman–Crippen MR) is 59.3 cm³/mol. The normalized spacial score (nSPS) is 26.9. The fourth-order valence-electron chi connectivity index (χ4n) is 2.29. The second-order valence-corrected chi connectivity index (χ2v) is 4.66. The van der Waals surface area contributed by atoms with Gasteiger partial charge in [-0.05, 0) is 24.5 Å². The van der Waals surface area contributed by atoms with Crippen LogP contribution in [0.5, 0.6) is 0 Å². The number of aromatic nitrogens is 1. The van der Waals surface area contributed by atoms with Crippen molar-refractivity contribution in [1.29, 1.82) is 0 Å². The maximum absolute atomic E-state index is 12.7. The molecule has 0 aliphatic carbocycles. The molecule has 0 bridgehead atoms. The summed E-state index contributed by atoms with van der Waals surface area (Å²) in [7, 11) is 0. The summed E-state index contributed by atoms with van der Waals surface area (Å²) >= 11 is 0. The van der Waals surface area contributed by atoms with Gasteiger partial charge in [-0.15, -0.1) is 0 Å². The van der Waals surface area contributed by atoms with Crippen molar-refractivity contribution in [2.45, 2.75) is 26.0 Å². The number of aliphatic hydroxyl groups excluding tert-OH is 1. The first-order valence-corrected chi connectivity index (χ1v) is 5.64. The van der Waals surface area contributed by atoms with E-state index in [1.165, 1.54) is 12.3 Å². The molecule has 0 amide bonds. The van der Waals surface area contributed by atoms with Crippen LogP contribution in [0.25, 0.3) is 0 Å². The van der Waals surface area contributed by atoms with Gasteiger partial charge in [-0.1, -0.05) is 6.92 Å². The Morgan fingerprint density at radius 1 is 1.50 bits per heavy atom. The van der Waals surface area contributed by atoms with E-state index in [2.05, 4.69) is 16.8 Å². The molecule has 1 aliphatic rings. The zero-order valence-electron chi connectivity index (χ0n) is 9.43. The Morgan fingerprint density at radius 3 is 2.94 bits per heavy atom. The molecule has 2 rings (SSSR count). The van der Waals surface area contributed by atoms with Gasteiger partial charge in [0, 0.05) is 19.6 Å². The van der Waals surface area contributed by atoms with Crippen molar-refractivity contribution < 1.29 is 9.50 Å². The molecule has 1 aromatic rings. The second-order valence-electron chi connectivity index (χ2n) is 4.66. The van der Waals surface area contributed by atoms with Crippen LogP contribution in [0.4, 0.5) is 4.39 Å². The summed E-state index contributed by atoms with van der Waals surface area (Å²) in [5.74, 6) is 0.194. The Hall–Kier alpha value is -1.00. The molecule has 0 radical (unpaired) electrons. The van der Waals surface area contributed by atoms with Gasteiger partial charge in [-0.2, -0.15) is 0 Å². The fraction of sp³-hybridized carbons (Fsp3) is 0.583. The highest BCUT2D eigenvalue weighted by molar-refractivity contribution is 5.05. The molecule has 1 aromatic heterocycles. The summed E-state index contributed by atoms with van der Waals surface area (Å²) in [4.78, 5) is 6.19. The minimum Gasteiger partial charge on any atom is -0.392 e. The van der Waals surface area contributed by atoms with Crippen LogP contribution in [-0.4, -0.2) is 34.2 Å². The molecule has 1 fully saturated rings. The van der Waals surface area contributed by atoms with Gasteiger partial charge in [0.05, 0.1) is 18.0 Å². The number of hydrogen-bond acceptors (Lipinski definition) is 3. The molecular formula is C12H17FN2O. The number of β-amino-alcohol motifs (C(OH)–C–C–N with tert-alkyl or cyclic N) is 1. The van der Waals surface area contributed by atoms with Crippen LogP contribution < -0.4 is 0 Å². The molecule has 0 saturated carbocycles. The minimum atomic E-state index is -0.309. The van der Waals surface area contributed by atoms with Gasteiger partial charge in [0.2, 0.25) is 0 Å². The van der Waals surface area contributed by atoms with Crippen molar-refractivity contribution in [1.82, 2.24) is 9.88 Å². The Kier molecular flexibility index (Phi) is 3.51. The van der Waals surface area contributed by atoms with Crippen LogP contribution in [-0.2, 0) is 6.54 Å². The van der Waals surface area contributed by atoms with Gasteiger partial charge < -0.3 is 5.11 Å². The molecule has 1 saturated heterocycles. The summed E-state index contributed by atoms with van der Waals surface area (Å²) in [5, 5.41) is 9.65. The maximum atomic E-state index is 12.7. The molecule has 0 aromatic carbocycles. The van der Waals surface area contributed by atoms with Crippen molar-refractivity contribution in [2.24, 2.45) is 5.92 Å². The molecular weight excluding hydrogens is 207 g/mol. The molecule has 3 nitrogen and oxygen atoms in total. The van der Waals surface area contributed by atoms with Gasteiger partial charge >= 0.3 is 0 Å². The second kappa shape index (κ2) is 4.89. The first-order valence-electron chi connectivity index (χ1n) is 5.64. The number of likely N-dealkylation sites (tertiary alicyclic amines) is 1. The van der Waals surface area contributed by atoms with E-state index in [4.69, 9.17) is 0 Å². The van der Waals surface area contributed by atoms with Gasteiger partial charge in [0.1, 0.15) is 5.82 Å². The number of rotatable bonds is 2. The smallest absolute Gasteiger partial charge is 0.141 e. The summed E-state index contributed by atoms with van der Waals surface area (Å²) in [5.41, 5.74) is 0.850. The minimum absolute atomic E-state index is 0.246. The zero-order chi connectivity index (χ0) is 11.5. The third kappa shape index (κ3) is 3.00. The average molecular weight is 224 g/mol. The van der Waals surface area contributed by atoms with Gasteiger partial charge in [0.15, 0.2) is 0 Å². The molecule has 0 spiro atoms. The highest BCUT2D eigenvalue weighted by Crippen LogP contribution is 2.17. The standard InChI is InChI=1S/C12H17FN2O/c1-9-4-12(16)8-15(6-9)7-11-3-2-10(13)5-14-11/h2-3,5,9,12,16H,4,6-8H2,1H3/t9-,12+/m1/s1. The zero-order valence-corrected chi connectivity index (χ0v) is 9.43. The van der Waals surface area contributed by atoms with Gasteiger partial charge in [-0.3, -0.25) is 9.88 Å². The van der Waals surface area contributed by atoms with Crippen LogP contribution in [0.15, 0.2) is 18.3 Å². The van der Waals surface area contributed by atoms with Crippen LogP contribution in [0.3, 0.4) is 0 Å². The molecule has 2 atom stereocenters. The highest BCUT2D eigenvalue weighted by Gasteiger charge is 2.23. The van der Waals surface area contributed by atoms with Crippen LogP contribution >= 0.6 is 0 Å². The first-order chi connectivity index (χ1) is 7.63. The lowest BCUT2D eigenvalue weighted by Gasteiger charge is -2.33. The molecule has 4 heteroatoms. The maximum Gasteiger partial charge on any atom is 0.141 e. The van der Waals surface area contributed by atoms with E-state index in [1.54, 1.807) is 6.07 Å². The van der Waals surface area contributed by atoms with Crippen molar-refractivity contribution >= 4 is 0 Å². The van der Waals surface area contributed by atoms with Crippen molar-refractivity contribution in [3.05, 3.63) is 29.8 Å². The molecule has 0 unspecified atom stereocenters. The summed E-state index contributed by atoms with van der Waals surface area (Å²) in [6, 6.07) is 3.12. The number of piperidine rings is 1. The number of hydrogen-bond donors (Lipinski definition) is 1. The van der Waals surface area contributed by atoms with Crippen LogP contribution in [0.1, 0.15) is 19.0 Å². The van der Waals surface area contributed by atoms with E-state index in [9.17, 15) is 9.50 Å². The summed E-state index contributed by atoms with van der Waals surface area (Å²) in [6.07, 6.45) is 1.86. The topological polar surface area (TPSA) is 36.4 Å². The van der Waals surface area contributed by atoms with E-state index in [1.807, 2.05) is 0 Å². The lowest BCUT2D eigenvalue weighted by Crippen LogP contribution is -2.41. The molecule has 88 valence electrons. The van der Waals surface area contributed by atoms with Crippen LogP contribution in [0, 0.1) is 11.7 Å². The third-order valence-electron chi connectivity index (χ3n) is 2.89. The SMILES string of the molecule is C[C@@H]1C[C@H](O)CN(Cc2ccc(F)cn2)C1. The molecule has 1 N–H and O–H groups in total. The van der Waals surface area contributed by atoms with Crippen molar-refractivity contribution in [3.8, 4) is 0 Å². The number of nitrogens with zero attached hydrogens (tertiary/aromatic N) is 2. The van der Waals surface area contributed by atoms with Crippen molar-refractivity contribution in [3.63, 3.8) is 0 Å². The van der Waals surface area contributed by atoms with E-state index >= 15 is 0 Å². The van der Waals surface area contributed by atoms with Gasteiger partial charge in [0.25, 0.3) is 0 Å².